The Balaban J connectivity index is 2.22. The molecular formula is C12H11NO3S. The molecule has 0 saturated carbocycles. The van der Waals surface area contributed by atoms with Crippen molar-refractivity contribution in [2.24, 2.45) is 0 Å². The van der Waals surface area contributed by atoms with Crippen molar-refractivity contribution < 1.29 is 14.3 Å². The summed E-state index contributed by atoms with van der Waals surface area (Å²) in [4.78, 5) is 11.8. The second-order valence-corrected chi connectivity index (χ2v) is 4.19. The van der Waals surface area contributed by atoms with Crippen LogP contribution in [-0.4, -0.2) is 13.1 Å². The summed E-state index contributed by atoms with van der Waals surface area (Å²) in [5, 5.41) is 2.19. The zero-order valence-electron chi connectivity index (χ0n) is 9.17. The number of anilines is 1. The number of benzene rings is 1. The van der Waals surface area contributed by atoms with Crippen molar-refractivity contribution in [1.82, 2.24) is 0 Å². The van der Waals surface area contributed by atoms with Crippen molar-refractivity contribution in [1.29, 1.82) is 0 Å². The van der Waals surface area contributed by atoms with Gasteiger partial charge in [-0.15, -0.1) is 11.3 Å². The van der Waals surface area contributed by atoms with Crippen LogP contribution >= 0.6 is 11.3 Å². The second-order valence-electron chi connectivity index (χ2n) is 3.24. The first-order chi connectivity index (χ1) is 8.22. The van der Waals surface area contributed by atoms with Gasteiger partial charge in [0.2, 0.25) is 0 Å². The molecule has 1 aromatic carbocycles. The lowest BCUT2D eigenvalue weighted by molar-refractivity contribution is 0.0731. The molecule has 4 nitrogen and oxygen atoms in total. The molecule has 0 atom stereocenters. The molecule has 0 fully saturated rings. The van der Waals surface area contributed by atoms with Gasteiger partial charge in [-0.2, -0.15) is 0 Å². The summed E-state index contributed by atoms with van der Waals surface area (Å²) < 4.78 is 10.3. The molecule has 0 spiro atoms. The third kappa shape index (κ3) is 2.39. The number of rotatable bonds is 3. The van der Waals surface area contributed by atoms with Gasteiger partial charge >= 0.3 is 5.97 Å². The number of para-hydroxylation sites is 2. The number of ether oxygens (including phenoxy) is 2. The van der Waals surface area contributed by atoms with Gasteiger partial charge in [0.25, 0.3) is 0 Å². The van der Waals surface area contributed by atoms with Gasteiger partial charge in [-0.25, -0.2) is 4.79 Å². The van der Waals surface area contributed by atoms with Crippen LogP contribution in [0.5, 0.6) is 11.5 Å². The highest BCUT2D eigenvalue weighted by Gasteiger charge is 2.15. The van der Waals surface area contributed by atoms with Crippen LogP contribution in [0.4, 0.5) is 5.00 Å². The summed E-state index contributed by atoms with van der Waals surface area (Å²) in [6, 6.07) is 8.59. The normalized spacial score (nSPS) is 9.94. The molecule has 0 bridgehead atoms. The van der Waals surface area contributed by atoms with E-state index in [1.807, 2.05) is 0 Å². The van der Waals surface area contributed by atoms with E-state index in [0.29, 0.717) is 22.1 Å². The zero-order chi connectivity index (χ0) is 12.3. The lowest BCUT2D eigenvalue weighted by Gasteiger charge is -2.08. The second kappa shape index (κ2) is 4.88. The predicted octanol–water partition coefficient (Wildman–Crippen LogP) is 2.56. The summed E-state index contributed by atoms with van der Waals surface area (Å²) in [6.07, 6.45) is 0. The van der Waals surface area contributed by atoms with Gasteiger partial charge in [0.1, 0.15) is 5.00 Å². The van der Waals surface area contributed by atoms with Crippen molar-refractivity contribution >= 4 is 22.3 Å². The van der Waals surface area contributed by atoms with Crippen molar-refractivity contribution in [3.63, 3.8) is 0 Å². The monoisotopic (exact) mass is 249 g/mol. The molecule has 5 heteroatoms. The Bertz CT molecular complexity index is 536. The average molecular weight is 249 g/mol. The Morgan fingerprint density at radius 2 is 1.94 bits per heavy atom. The minimum atomic E-state index is -0.478. The van der Waals surface area contributed by atoms with E-state index in [-0.39, 0.29) is 0 Å². The molecule has 0 saturated heterocycles. The van der Waals surface area contributed by atoms with Crippen LogP contribution in [0.2, 0.25) is 0 Å². The molecule has 2 N–H and O–H groups in total. The molecule has 0 aliphatic heterocycles. The predicted molar refractivity (Wildman–Crippen MR) is 66.7 cm³/mol. The van der Waals surface area contributed by atoms with Crippen molar-refractivity contribution in [2.75, 3.05) is 12.8 Å². The van der Waals surface area contributed by atoms with Crippen LogP contribution in [0.3, 0.4) is 0 Å². The quantitative estimate of drug-likeness (QED) is 0.670. The number of carbonyl (C=O) groups excluding carboxylic acids is 1. The number of nitrogens with two attached hydrogens (primary N) is 1. The van der Waals surface area contributed by atoms with Gasteiger partial charge < -0.3 is 15.2 Å². The van der Waals surface area contributed by atoms with Gasteiger partial charge in [-0.05, 0) is 23.6 Å². The molecule has 17 heavy (non-hydrogen) atoms. The van der Waals surface area contributed by atoms with E-state index in [1.165, 1.54) is 18.4 Å². The fourth-order valence-corrected chi connectivity index (χ4v) is 1.98. The Kier molecular flexibility index (Phi) is 3.30. The third-order valence-electron chi connectivity index (χ3n) is 2.19. The first kappa shape index (κ1) is 11.5. The van der Waals surface area contributed by atoms with Crippen molar-refractivity contribution in [3.8, 4) is 11.5 Å². The number of thiophene rings is 1. The number of methoxy groups -OCH3 is 1. The molecule has 0 amide bonds. The van der Waals surface area contributed by atoms with Gasteiger partial charge in [-0.3, -0.25) is 0 Å². The Morgan fingerprint density at radius 1 is 1.24 bits per heavy atom. The number of hydrogen-bond donors (Lipinski definition) is 1. The molecule has 1 aromatic heterocycles. The molecule has 0 unspecified atom stereocenters. The molecule has 0 radical (unpaired) electrons. The smallest absolute Gasteiger partial charge is 0.346 e. The topological polar surface area (TPSA) is 61.5 Å². The minimum absolute atomic E-state index is 0.376. The summed E-state index contributed by atoms with van der Waals surface area (Å²) >= 11 is 1.30. The SMILES string of the molecule is COc1ccccc1OC(=O)c1ccsc1N. The maximum absolute atomic E-state index is 11.8. The van der Waals surface area contributed by atoms with Gasteiger partial charge in [0.15, 0.2) is 11.5 Å². The number of esters is 1. The van der Waals surface area contributed by atoms with E-state index in [0.717, 1.165) is 0 Å². The Hall–Kier alpha value is -2.01. The van der Waals surface area contributed by atoms with E-state index < -0.39 is 5.97 Å². The fraction of sp³-hybridized carbons (Fsp3) is 0.0833. The molecule has 1 heterocycles. The molecule has 0 aliphatic carbocycles. The van der Waals surface area contributed by atoms with Crippen LogP contribution in [0.25, 0.3) is 0 Å². The fourth-order valence-electron chi connectivity index (χ4n) is 1.35. The number of hydrogen-bond acceptors (Lipinski definition) is 5. The highest BCUT2D eigenvalue weighted by molar-refractivity contribution is 7.14. The molecule has 88 valence electrons. The standard InChI is InChI=1S/C12H11NO3S/c1-15-9-4-2-3-5-10(9)16-12(14)8-6-7-17-11(8)13/h2-7H,13H2,1H3. The molecular weight excluding hydrogens is 238 g/mol. The van der Waals surface area contributed by atoms with E-state index in [4.69, 9.17) is 15.2 Å². The van der Waals surface area contributed by atoms with Crippen LogP contribution in [0.1, 0.15) is 10.4 Å². The maximum atomic E-state index is 11.8. The van der Waals surface area contributed by atoms with Gasteiger partial charge in [-0.1, -0.05) is 12.1 Å². The van der Waals surface area contributed by atoms with Gasteiger partial charge in [0, 0.05) is 0 Å². The summed E-state index contributed by atoms with van der Waals surface area (Å²) in [5.41, 5.74) is 6.03. The van der Waals surface area contributed by atoms with Crippen molar-refractivity contribution in [3.05, 3.63) is 41.3 Å². The Labute approximate surface area is 103 Å². The maximum Gasteiger partial charge on any atom is 0.346 e. The molecule has 2 aromatic rings. The van der Waals surface area contributed by atoms with Crippen LogP contribution in [0, 0.1) is 0 Å². The van der Waals surface area contributed by atoms with E-state index in [2.05, 4.69) is 0 Å². The lowest BCUT2D eigenvalue weighted by Crippen LogP contribution is -2.09. The summed E-state index contributed by atoms with van der Waals surface area (Å²) in [7, 11) is 1.52. The van der Waals surface area contributed by atoms with E-state index >= 15 is 0 Å². The van der Waals surface area contributed by atoms with Gasteiger partial charge in [0.05, 0.1) is 12.7 Å². The van der Waals surface area contributed by atoms with E-state index in [1.54, 1.807) is 35.7 Å². The number of carbonyl (C=O) groups is 1. The van der Waals surface area contributed by atoms with Crippen LogP contribution in [-0.2, 0) is 0 Å². The molecule has 2 rings (SSSR count). The summed E-state index contributed by atoms with van der Waals surface area (Å²) in [6.45, 7) is 0. The third-order valence-corrected chi connectivity index (χ3v) is 2.93. The van der Waals surface area contributed by atoms with Crippen LogP contribution < -0.4 is 15.2 Å². The highest BCUT2D eigenvalue weighted by atomic mass is 32.1. The average Bonchev–Trinajstić information content (AvgIpc) is 2.76. The zero-order valence-corrected chi connectivity index (χ0v) is 9.99. The number of nitrogen functional groups attached to an aromatic ring is 1. The minimum Gasteiger partial charge on any atom is -0.493 e. The first-order valence-corrected chi connectivity index (χ1v) is 5.78. The highest BCUT2D eigenvalue weighted by Crippen LogP contribution is 2.28. The Morgan fingerprint density at radius 3 is 2.53 bits per heavy atom. The van der Waals surface area contributed by atoms with E-state index in [9.17, 15) is 4.79 Å². The largest absolute Gasteiger partial charge is 0.493 e. The van der Waals surface area contributed by atoms with Crippen LogP contribution in [0.15, 0.2) is 35.7 Å². The lowest BCUT2D eigenvalue weighted by atomic mass is 10.3. The molecule has 0 aliphatic rings. The summed E-state index contributed by atoms with van der Waals surface area (Å²) in [5.74, 6) is 0.411. The van der Waals surface area contributed by atoms with Crippen molar-refractivity contribution in [2.45, 2.75) is 0 Å². The first-order valence-electron chi connectivity index (χ1n) is 4.90.